The predicted octanol–water partition coefficient (Wildman–Crippen LogP) is 10.1. The molecule has 0 radical (unpaired) electrons. The Balaban J connectivity index is 4.47. The van der Waals surface area contributed by atoms with Gasteiger partial charge in [0.1, 0.15) is 12.7 Å². The summed E-state index contributed by atoms with van der Waals surface area (Å²) in [5.74, 6) is -1.01. The Labute approximate surface area is 320 Å². The van der Waals surface area contributed by atoms with E-state index in [0.717, 1.165) is 70.6 Å². The van der Waals surface area contributed by atoms with Crippen molar-refractivity contribution in [2.45, 2.75) is 154 Å². The van der Waals surface area contributed by atoms with Crippen molar-refractivity contribution in [1.82, 2.24) is 0 Å². The van der Waals surface area contributed by atoms with Crippen LogP contribution in [0.25, 0.3) is 0 Å². The topological polar surface area (TPSA) is 149 Å². The van der Waals surface area contributed by atoms with Crippen LogP contribution >= 0.6 is 7.82 Å². The van der Waals surface area contributed by atoms with Crippen molar-refractivity contribution in [1.29, 1.82) is 0 Å². The predicted molar refractivity (Wildman–Crippen MR) is 214 cm³/mol. The van der Waals surface area contributed by atoms with Crippen LogP contribution in [0.3, 0.4) is 0 Å². The number of rotatable bonds is 36. The lowest BCUT2D eigenvalue weighted by Crippen LogP contribution is -2.29. The minimum Gasteiger partial charge on any atom is -0.462 e. The molecule has 0 aromatic heterocycles. The molecule has 0 fully saturated rings. The number of phosphoric ester groups is 1. The van der Waals surface area contributed by atoms with Crippen LogP contribution < -0.4 is 0 Å². The Morgan fingerprint density at radius 2 is 1.06 bits per heavy atom. The third-order valence-corrected chi connectivity index (χ3v) is 8.80. The number of hydrogen-bond donors (Lipinski definition) is 3. The zero-order chi connectivity index (χ0) is 39.1. The summed E-state index contributed by atoms with van der Waals surface area (Å²) >= 11 is 0. The summed E-state index contributed by atoms with van der Waals surface area (Å²) in [5.41, 5.74) is 0. The van der Waals surface area contributed by atoms with E-state index in [2.05, 4.69) is 79.1 Å². The van der Waals surface area contributed by atoms with E-state index in [1.807, 2.05) is 12.2 Å². The molecule has 0 aliphatic heterocycles. The van der Waals surface area contributed by atoms with E-state index >= 15 is 0 Å². The van der Waals surface area contributed by atoms with Gasteiger partial charge in [-0.15, -0.1) is 0 Å². The fraction of sp³-hybridized carbons (Fsp3) is 0.667. The highest BCUT2D eigenvalue weighted by molar-refractivity contribution is 7.47. The van der Waals surface area contributed by atoms with Crippen LogP contribution in [0.15, 0.2) is 72.9 Å². The molecule has 0 saturated carbocycles. The second-order valence-corrected chi connectivity index (χ2v) is 14.4. The number of hydrogen-bond acceptors (Lipinski definition) is 9. The van der Waals surface area contributed by atoms with Crippen molar-refractivity contribution < 1.29 is 47.8 Å². The first-order valence-corrected chi connectivity index (χ1v) is 21.4. The lowest BCUT2D eigenvalue weighted by Gasteiger charge is -2.20. The van der Waals surface area contributed by atoms with Crippen molar-refractivity contribution >= 4 is 19.8 Å². The monoisotopic (exact) mass is 766 g/mol. The molecule has 0 aliphatic rings. The van der Waals surface area contributed by atoms with E-state index < -0.39 is 51.8 Å². The van der Waals surface area contributed by atoms with Crippen LogP contribution in [-0.4, -0.2) is 65.7 Å². The fourth-order valence-corrected chi connectivity index (χ4v) is 5.58. The molecule has 0 heterocycles. The van der Waals surface area contributed by atoms with Crippen LogP contribution in [-0.2, 0) is 32.7 Å². The van der Waals surface area contributed by atoms with E-state index in [-0.39, 0.29) is 19.4 Å². The molecule has 0 aromatic rings. The summed E-state index contributed by atoms with van der Waals surface area (Å²) in [6.07, 6.45) is 41.6. The van der Waals surface area contributed by atoms with Crippen molar-refractivity contribution in [2.24, 2.45) is 0 Å². The SMILES string of the molecule is CC/C=C\C/C=C\C/C=C\C/C=C\C/C=C\CCCC(=O)OC[C@H](COP(=O)(O)OC[C@@H](O)CO)OC(=O)CCCCCCC/C=C\CCCCCC. The number of ether oxygens (including phenoxy) is 2. The van der Waals surface area contributed by atoms with Crippen LogP contribution in [0.2, 0.25) is 0 Å². The molecule has 0 aromatic carbocycles. The Hall–Kier alpha value is -2.59. The first-order valence-electron chi connectivity index (χ1n) is 19.9. The van der Waals surface area contributed by atoms with Gasteiger partial charge in [0.05, 0.1) is 19.8 Å². The zero-order valence-corrected chi connectivity index (χ0v) is 33.6. The molecule has 0 amide bonds. The van der Waals surface area contributed by atoms with Crippen molar-refractivity contribution in [2.75, 3.05) is 26.4 Å². The number of carbonyl (C=O) groups is 2. The van der Waals surface area contributed by atoms with Gasteiger partial charge < -0.3 is 24.6 Å². The number of phosphoric acid groups is 1. The lowest BCUT2D eigenvalue weighted by molar-refractivity contribution is -0.161. The van der Waals surface area contributed by atoms with E-state index in [4.69, 9.17) is 19.1 Å². The number of carbonyl (C=O) groups excluding carboxylic acids is 2. The maximum Gasteiger partial charge on any atom is 0.472 e. The molecule has 0 aliphatic carbocycles. The highest BCUT2D eigenvalue weighted by Gasteiger charge is 2.27. The normalized spacial score (nSPS) is 14.7. The molecule has 3 N–H and O–H groups in total. The van der Waals surface area contributed by atoms with Crippen molar-refractivity contribution in [3.05, 3.63) is 72.9 Å². The third kappa shape index (κ3) is 37.5. The largest absolute Gasteiger partial charge is 0.472 e. The standard InChI is InChI=1S/C42H71O10P/c1-3-5-7-9-11-13-15-17-18-19-20-22-23-25-27-29-31-33-41(45)49-37-40(38-51-53(47,48)50-36-39(44)35-43)52-42(46)34-32-30-28-26-24-21-16-14-12-10-8-6-4-2/h5,7,11,13-14,16-18,20,22,25,27,39-40,43-44H,3-4,6,8-10,12,15,19,21,23-24,26,28-38H2,1-2H3,(H,47,48)/b7-5-,13-11-,16-14-,18-17-,22-20-,27-25-/t39-,40+/m0/s1. The molecule has 10 nitrogen and oxygen atoms in total. The highest BCUT2D eigenvalue weighted by Crippen LogP contribution is 2.43. The van der Waals surface area contributed by atoms with E-state index in [1.54, 1.807) is 0 Å². The van der Waals surface area contributed by atoms with E-state index in [9.17, 15) is 24.2 Å². The first kappa shape index (κ1) is 50.4. The average molecular weight is 767 g/mol. The Morgan fingerprint density at radius 1 is 0.585 bits per heavy atom. The van der Waals surface area contributed by atoms with Crippen molar-refractivity contribution in [3.8, 4) is 0 Å². The minimum absolute atomic E-state index is 0.158. The van der Waals surface area contributed by atoms with Crippen LogP contribution in [0.5, 0.6) is 0 Å². The molecule has 53 heavy (non-hydrogen) atoms. The Morgan fingerprint density at radius 3 is 1.64 bits per heavy atom. The summed E-state index contributed by atoms with van der Waals surface area (Å²) in [7, 11) is -4.63. The van der Waals surface area contributed by atoms with Gasteiger partial charge in [0, 0.05) is 12.8 Å². The van der Waals surface area contributed by atoms with Crippen LogP contribution in [0.1, 0.15) is 142 Å². The second kappa shape index (κ2) is 37.7. The molecule has 3 atom stereocenters. The van der Waals surface area contributed by atoms with Crippen LogP contribution in [0, 0.1) is 0 Å². The Kier molecular flexibility index (Phi) is 35.9. The molecule has 1 unspecified atom stereocenters. The van der Waals surface area contributed by atoms with Gasteiger partial charge in [0.25, 0.3) is 0 Å². The summed E-state index contributed by atoms with van der Waals surface area (Å²) in [5, 5.41) is 18.3. The molecule has 11 heteroatoms. The van der Waals surface area contributed by atoms with Gasteiger partial charge in [-0.3, -0.25) is 18.6 Å². The third-order valence-electron chi connectivity index (χ3n) is 7.84. The first-order chi connectivity index (χ1) is 25.7. The van der Waals surface area contributed by atoms with Crippen molar-refractivity contribution in [3.63, 3.8) is 0 Å². The number of allylic oxidation sites excluding steroid dienone is 12. The highest BCUT2D eigenvalue weighted by atomic mass is 31.2. The van der Waals surface area contributed by atoms with Gasteiger partial charge in [0.2, 0.25) is 0 Å². The molecule has 304 valence electrons. The lowest BCUT2D eigenvalue weighted by atomic mass is 10.1. The quantitative estimate of drug-likeness (QED) is 0.0243. The fourth-order valence-electron chi connectivity index (χ4n) is 4.79. The maximum absolute atomic E-state index is 12.6. The molecule has 0 bridgehead atoms. The summed E-state index contributed by atoms with van der Waals surface area (Å²) < 4.78 is 32.5. The molecule has 0 saturated heterocycles. The molecule has 0 rings (SSSR count). The van der Waals surface area contributed by atoms with Gasteiger partial charge in [0.15, 0.2) is 6.10 Å². The van der Waals surface area contributed by atoms with E-state index in [1.165, 1.54) is 25.7 Å². The van der Waals surface area contributed by atoms with E-state index in [0.29, 0.717) is 19.3 Å². The van der Waals surface area contributed by atoms with Gasteiger partial charge >= 0.3 is 19.8 Å². The second-order valence-electron chi connectivity index (χ2n) is 12.9. The molecule has 0 spiro atoms. The molecular weight excluding hydrogens is 695 g/mol. The number of esters is 2. The van der Waals surface area contributed by atoms with Gasteiger partial charge in [-0.1, -0.05) is 125 Å². The number of aliphatic hydroxyl groups excluding tert-OH is 2. The zero-order valence-electron chi connectivity index (χ0n) is 32.7. The molecular formula is C42H71O10P. The van der Waals surface area contributed by atoms with Gasteiger partial charge in [-0.25, -0.2) is 4.57 Å². The summed E-state index contributed by atoms with van der Waals surface area (Å²) in [6.45, 7) is 2.15. The maximum atomic E-state index is 12.6. The number of unbranched alkanes of at least 4 members (excludes halogenated alkanes) is 10. The minimum atomic E-state index is -4.63. The Bertz CT molecular complexity index is 1110. The van der Waals surface area contributed by atoms with Gasteiger partial charge in [-0.05, 0) is 77.0 Å². The smallest absolute Gasteiger partial charge is 0.462 e. The summed E-state index contributed by atoms with van der Waals surface area (Å²) in [6, 6.07) is 0. The average Bonchev–Trinajstić information content (AvgIpc) is 3.14. The van der Waals surface area contributed by atoms with Crippen LogP contribution in [0.4, 0.5) is 0 Å². The summed E-state index contributed by atoms with van der Waals surface area (Å²) in [4.78, 5) is 34.8. The van der Waals surface area contributed by atoms with Gasteiger partial charge in [-0.2, -0.15) is 0 Å². The number of aliphatic hydroxyl groups is 2.